The lowest BCUT2D eigenvalue weighted by atomic mass is 11.7. The fourth-order valence-corrected chi connectivity index (χ4v) is 0. The smallest absolute Gasteiger partial charge is 0.483 e. The van der Waals surface area contributed by atoms with Crippen molar-refractivity contribution < 1.29 is 36.8 Å². The van der Waals surface area contributed by atoms with Crippen LogP contribution in [0.25, 0.3) is 0 Å². The molecule has 0 saturated carbocycles. The number of halogens is 3. The van der Waals surface area contributed by atoms with Crippen molar-refractivity contribution in [3.8, 4) is 0 Å². The van der Waals surface area contributed by atoms with Crippen LogP contribution < -0.4 is 0 Å². The molecule has 0 spiro atoms. The van der Waals surface area contributed by atoms with Gasteiger partial charge in [-0.2, -0.15) is 12.6 Å². The molecule has 0 amide bonds. The van der Waals surface area contributed by atoms with Gasteiger partial charge in [0.25, 0.3) is 6.47 Å². The second kappa shape index (κ2) is 16.4. The van der Waals surface area contributed by atoms with Gasteiger partial charge in [-0.1, -0.05) is 0 Å². The zero-order valence-corrected chi connectivity index (χ0v) is 6.55. The van der Waals surface area contributed by atoms with Crippen molar-refractivity contribution >= 4 is 23.6 Å². The Morgan fingerprint density at radius 1 is 1.27 bits per heavy atom. The highest BCUT2D eigenvalue weighted by Crippen LogP contribution is 2.39. The number of hydrogen-bond acceptors (Lipinski definition) is 2. The molecule has 68 valence electrons. The third-order valence-electron chi connectivity index (χ3n) is 0. The highest BCUT2D eigenvalue weighted by Gasteiger charge is 1.93. The van der Waals surface area contributed by atoms with Crippen molar-refractivity contribution in [3.63, 3.8) is 0 Å². The lowest BCUT2D eigenvalue weighted by Gasteiger charge is -1.61. The summed E-state index contributed by atoms with van der Waals surface area (Å²) in [5.74, 6) is 0. The molecule has 0 heterocycles. The molecule has 11 heavy (non-hydrogen) atoms. The first-order valence-electron chi connectivity index (χ1n) is 1.58. The Morgan fingerprint density at radius 2 is 1.27 bits per heavy atom. The van der Waals surface area contributed by atoms with Crippen LogP contribution in [0.5, 0.6) is 0 Å². The largest absolute Gasteiger partial charge is 0.692 e. The van der Waals surface area contributed by atoms with Gasteiger partial charge in [-0.05, 0) is 0 Å². The van der Waals surface area contributed by atoms with Crippen molar-refractivity contribution in [1.82, 2.24) is 0 Å². The van der Waals surface area contributed by atoms with E-state index in [-0.39, 0.29) is 6.47 Å². The van der Waals surface area contributed by atoms with E-state index in [2.05, 4.69) is 0 Å². The van der Waals surface area contributed by atoms with Gasteiger partial charge in [0.1, 0.15) is 0 Å². The topological polar surface area (TPSA) is 94.8 Å². The average molecular weight is 215 g/mol. The summed E-state index contributed by atoms with van der Waals surface area (Å²) in [5.41, 5.74) is 0. The predicted molar refractivity (Wildman–Crippen MR) is 31.0 cm³/mol. The monoisotopic (exact) mass is 215 g/mol. The Hall–Kier alpha value is -0.290. The summed E-state index contributed by atoms with van der Waals surface area (Å²) < 4.78 is 37.9. The molecule has 0 aromatic rings. The quantitative estimate of drug-likeness (QED) is 0.419. The van der Waals surface area contributed by atoms with Gasteiger partial charge in [0.05, 0.1) is 0 Å². The minimum absolute atomic E-state index is 0.250. The highest BCUT2D eigenvalue weighted by atomic mass is 31.2. The third-order valence-corrected chi connectivity index (χ3v) is 0. The lowest BCUT2D eigenvalue weighted by molar-refractivity contribution is -0.122. The first-order chi connectivity index (χ1) is 4.88. The van der Waals surface area contributed by atoms with Crippen LogP contribution >= 0.6 is 17.1 Å². The summed E-state index contributed by atoms with van der Waals surface area (Å²) in [4.78, 5) is 22.6. The Labute approximate surface area is 61.5 Å². The van der Waals surface area contributed by atoms with Gasteiger partial charge < -0.3 is 5.11 Å². The van der Waals surface area contributed by atoms with Crippen molar-refractivity contribution in [2.24, 2.45) is 0 Å². The van der Waals surface area contributed by atoms with E-state index in [1.54, 1.807) is 0 Å². The normalized spacial score (nSPS) is 6.73. The van der Waals surface area contributed by atoms with E-state index in [9.17, 15) is 12.6 Å². The van der Waals surface area contributed by atoms with Crippen molar-refractivity contribution in [3.05, 3.63) is 0 Å². The number of rotatable bonds is 0. The molecular formula is CH4F3O5P2+. The van der Waals surface area contributed by atoms with Gasteiger partial charge in [-0.15, -0.1) is 9.79 Å². The van der Waals surface area contributed by atoms with Crippen LogP contribution in [-0.4, -0.2) is 21.4 Å². The molecule has 0 saturated heterocycles. The molecular weight excluding hydrogens is 211 g/mol. The fraction of sp³-hybridized carbons (Fsp3) is 0. The Kier molecular flexibility index (Phi) is 25.3. The molecule has 0 aliphatic carbocycles. The van der Waals surface area contributed by atoms with Crippen molar-refractivity contribution in [1.29, 1.82) is 0 Å². The molecule has 3 N–H and O–H groups in total. The molecule has 0 bridgehead atoms. The Bertz CT molecular complexity index is 91.0. The number of hydrogen-bond donors (Lipinski definition) is 3. The first-order valence-corrected chi connectivity index (χ1v) is 3.76. The molecule has 0 fully saturated rings. The van der Waals surface area contributed by atoms with Crippen LogP contribution in [-0.2, 0) is 9.36 Å². The van der Waals surface area contributed by atoms with E-state index in [4.69, 9.17) is 24.3 Å². The van der Waals surface area contributed by atoms with E-state index in [1.807, 2.05) is 0 Å². The Balaban J connectivity index is -0.0000000886. The van der Waals surface area contributed by atoms with Crippen LogP contribution in [0.3, 0.4) is 0 Å². The Morgan fingerprint density at radius 3 is 1.27 bits per heavy atom. The van der Waals surface area contributed by atoms with E-state index in [1.165, 1.54) is 0 Å². The minimum atomic E-state index is -4.12. The van der Waals surface area contributed by atoms with Crippen LogP contribution in [0, 0.1) is 0 Å². The predicted octanol–water partition coefficient (Wildman–Crippen LogP) is 1.45. The van der Waals surface area contributed by atoms with Crippen molar-refractivity contribution in [2.45, 2.75) is 0 Å². The second-order valence-electron chi connectivity index (χ2n) is 0.550. The molecule has 0 atom stereocenters. The maximum Gasteiger partial charge on any atom is 0.692 e. The SMILES string of the molecule is FP(F)F.O=CO.O=[P+](O)O. The molecule has 5 nitrogen and oxygen atoms in total. The summed E-state index contributed by atoms with van der Waals surface area (Å²) >= 11 is 0. The molecule has 0 unspecified atom stereocenters. The van der Waals surface area contributed by atoms with E-state index in [0.29, 0.717) is 0 Å². The molecule has 0 radical (unpaired) electrons. The van der Waals surface area contributed by atoms with Crippen LogP contribution in [0.4, 0.5) is 12.6 Å². The minimum Gasteiger partial charge on any atom is -0.483 e. The van der Waals surface area contributed by atoms with Gasteiger partial charge in [0.2, 0.25) is 0 Å². The van der Waals surface area contributed by atoms with Gasteiger partial charge >= 0.3 is 17.1 Å². The van der Waals surface area contributed by atoms with Crippen LogP contribution in [0.15, 0.2) is 0 Å². The summed E-state index contributed by atoms with van der Waals surface area (Å²) in [6, 6.07) is 0. The van der Waals surface area contributed by atoms with Crippen molar-refractivity contribution in [2.75, 3.05) is 0 Å². The standard InChI is InChI=1S/CH2O2.F3P.HO3P/c2-1-3;2*1-4(2)3/h1H,(H,2,3);;(H-,1,2,3)/p+1. The maximum absolute atomic E-state index is 9.73. The molecule has 0 aliphatic heterocycles. The van der Waals surface area contributed by atoms with Crippen LogP contribution in [0.2, 0.25) is 0 Å². The molecule has 10 heteroatoms. The first kappa shape index (κ1) is 17.0. The van der Waals surface area contributed by atoms with Gasteiger partial charge in [0, 0.05) is 4.57 Å². The molecule has 0 aliphatic rings. The fourth-order valence-electron chi connectivity index (χ4n) is 0. The maximum atomic E-state index is 9.73. The highest BCUT2D eigenvalue weighted by molar-refractivity contribution is 7.40. The van der Waals surface area contributed by atoms with Gasteiger partial charge in [0.15, 0.2) is 0 Å². The van der Waals surface area contributed by atoms with E-state index in [0.717, 1.165) is 0 Å². The summed E-state index contributed by atoms with van der Waals surface area (Å²) in [5, 5.41) is 6.89. The molecule has 0 aromatic carbocycles. The average Bonchev–Trinajstić information content (AvgIpc) is 1.60. The zero-order valence-electron chi connectivity index (χ0n) is 4.76. The summed E-state index contributed by atoms with van der Waals surface area (Å²) in [7, 11) is -6.99. The van der Waals surface area contributed by atoms with Crippen LogP contribution in [0.1, 0.15) is 0 Å². The van der Waals surface area contributed by atoms with E-state index >= 15 is 0 Å². The van der Waals surface area contributed by atoms with Gasteiger partial charge in [-0.3, -0.25) is 4.79 Å². The molecule has 0 rings (SSSR count). The van der Waals surface area contributed by atoms with E-state index < -0.39 is 17.1 Å². The summed E-state index contributed by atoms with van der Waals surface area (Å²) in [6.07, 6.45) is 0. The lowest BCUT2D eigenvalue weighted by Crippen LogP contribution is -1.49. The number of carboxylic acid groups (broad SMARTS) is 1. The number of carbonyl (C=O) groups is 1. The third kappa shape index (κ3) is 6860. The second-order valence-corrected chi connectivity index (χ2v) is 1.44. The molecule has 0 aromatic heterocycles. The summed E-state index contributed by atoms with van der Waals surface area (Å²) in [6.45, 7) is -0.250. The zero-order chi connectivity index (χ0) is 9.86. The van der Waals surface area contributed by atoms with Gasteiger partial charge in [-0.25, -0.2) is 0 Å².